The molecule has 1 atom stereocenters. The molecule has 3 nitrogen and oxygen atoms in total. The van der Waals surface area contributed by atoms with Crippen LogP contribution >= 0.6 is 28.3 Å². The third kappa shape index (κ3) is 3.27. The Labute approximate surface area is 116 Å². The van der Waals surface area contributed by atoms with Crippen molar-refractivity contribution in [3.8, 4) is 11.5 Å². The molecule has 96 valence electrons. The number of rotatable bonds is 2. The van der Waals surface area contributed by atoms with Gasteiger partial charge in [-0.2, -0.15) is 0 Å². The normalized spacial score (nSPS) is 19.5. The number of hydrogen-bond donors (Lipinski definition) is 2. The average molecular weight is 323 g/mol. The molecule has 1 aromatic rings. The standard InChI is InChI=1S/C12H16BrNO2.ClH/c1-16-11-7-8(6-9(13)12(11)15)10-4-2-3-5-14-10;/h6-7,10,14-15H,2-5H2,1H3;1H/t10-;/m1./s1. The van der Waals surface area contributed by atoms with Gasteiger partial charge in [-0.3, -0.25) is 0 Å². The van der Waals surface area contributed by atoms with E-state index >= 15 is 0 Å². The van der Waals surface area contributed by atoms with E-state index in [1.165, 1.54) is 18.4 Å². The number of phenols is 1. The monoisotopic (exact) mass is 321 g/mol. The Balaban J connectivity index is 0.00000144. The second-order valence-corrected chi connectivity index (χ2v) is 4.91. The molecule has 1 fully saturated rings. The molecule has 1 heterocycles. The highest BCUT2D eigenvalue weighted by Crippen LogP contribution is 2.38. The van der Waals surface area contributed by atoms with Crippen molar-refractivity contribution in [3.63, 3.8) is 0 Å². The zero-order chi connectivity index (χ0) is 11.5. The van der Waals surface area contributed by atoms with Crippen molar-refractivity contribution in [3.05, 3.63) is 22.2 Å². The minimum Gasteiger partial charge on any atom is -0.503 e. The molecular weight excluding hydrogens is 305 g/mol. The summed E-state index contributed by atoms with van der Waals surface area (Å²) in [7, 11) is 1.57. The minimum atomic E-state index is 0. The molecule has 0 radical (unpaired) electrons. The van der Waals surface area contributed by atoms with Crippen LogP contribution in [0.4, 0.5) is 0 Å². The van der Waals surface area contributed by atoms with E-state index in [1.54, 1.807) is 7.11 Å². The summed E-state index contributed by atoms with van der Waals surface area (Å²) in [6.45, 7) is 1.06. The van der Waals surface area contributed by atoms with Crippen LogP contribution in [0.1, 0.15) is 30.9 Å². The van der Waals surface area contributed by atoms with E-state index in [0.717, 1.165) is 13.0 Å². The van der Waals surface area contributed by atoms with Crippen molar-refractivity contribution < 1.29 is 9.84 Å². The molecule has 0 saturated carbocycles. The van der Waals surface area contributed by atoms with Crippen molar-refractivity contribution in [2.45, 2.75) is 25.3 Å². The van der Waals surface area contributed by atoms with Crippen molar-refractivity contribution in [1.29, 1.82) is 0 Å². The molecule has 17 heavy (non-hydrogen) atoms. The lowest BCUT2D eigenvalue weighted by Crippen LogP contribution is -2.26. The second kappa shape index (κ2) is 6.47. The Morgan fingerprint density at radius 1 is 1.41 bits per heavy atom. The fourth-order valence-corrected chi connectivity index (χ4v) is 2.55. The summed E-state index contributed by atoms with van der Waals surface area (Å²) >= 11 is 3.35. The van der Waals surface area contributed by atoms with Crippen molar-refractivity contribution in [1.82, 2.24) is 5.32 Å². The molecule has 0 unspecified atom stereocenters. The summed E-state index contributed by atoms with van der Waals surface area (Å²) in [5, 5.41) is 13.2. The van der Waals surface area contributed by atoms with Gasteiger partial charge < -0.3 is 15.2 Å². The van der Waals surface area contributed by atoms with E-state index in [2.05, 4.69) is 21.2 Å². The number of benzene rings is 1. The van der Waals surface area contributed by atoms with Crippen LogP contribution in [0.3, 0.4) is 0 Å². The highest BCUT2D eigenvalue weighted by atomic mass is 79.9. The molecule has 2 rings (SSSR count). The molecular formula is C12H17BrClNO2. The van der Waals surface area contributed by atoms with E-state index in [-0.39, 0.29) is 18.2 Å². The van der Waals surface area contributed by atoms with Gasteiger partial charge in [-0.05, 0) is 53.0 Å². The lowest BCUT2D eigenvalue weighted by Gasteiger charge is -2.24. The number of piperidine rings is 1. The number of methoxy groups -OCH3 is 1. The van der Waals surface area contributed by atoms with Crippen LogP contribution in [0, 0.1) is 0 Å². The van der Waals surface area contributed by atoms with Crippen molar-refractivity contribution in [2.24, 2.45) is 0 Å². The maximum absolute atomic E-state index is 9.73. The molecule has 1 aliphatic heterocycles. The molecule has 1 aliphatic rings. The number of phenolic OH excluding ortho intramolecular Hbond substituents is 1. The predicted molar refractivity (Wildman–Crippen MR) is 74.2 cm³/mol. The number of aromatic hydroxyl groups is 1. The number of halogens is 2. The number of nitrogens with one attached hydrogen (secondary N) is 1. The van der Waals surface area contributed by atoms with Gasteiger partial charge in [-0.15, -0.1) is 12.4 Å². The van der Waals surface area contributed by atoms with E-state index in [0.29, 0.717) is 16.3 Å². The van der Waals surface area contributed by atoms with Gasteiger partial charge in [0.1, 0.15) is 0 Å². The fourth-order valence-electron chi connectivity index (χ4n) is 2.09. The zero-order valence-corrected chi connectivity index (χ0v) is 12.1. The van der Waals surface area contributed by atoms with Crippen LogP contribution in [0.25, 0.3) is 0 Å². The van der Waals surface area contributed by atoms with Crippen LogP contribution in [0.15, 0.2) is 16.6 Å². The largest absolute Gasteiger partial charge is 0.503 e. The molecule has 0 aromatic heterocycles. The third-order valence-corrected chi connectivity index (χ3v) is 3.59. The Hall–Kier alpha value is -0.450. The van der Waals surface area contributed by atoms with Gasteiger partial charge in [-0.1, -0.05) is 6.42 Å². The Morgan fingerprint density at radius 3 is 2.76 bits per heavy atom. The highest BCUT2D eigenvalue weighted by molar-refractivity contribution is 9.10. The van der Waals surface area contributed by atoms with E-state index in [4.69, 9.17) is 4.74 Å². The van der Waals surface area contributed by atoms with Gasteiger partial charge in [-0.25, -0.2) is 0 Å². The van der Waals surface area contributed by atoms with Crippen LogP contribution in [-0.4, -0.2) is 18.8 Å². The molecule has 0 bridgehead atoms. The summed E-state index contributed by atoms with van der Waals surface area (Å²) in [5.41, 5.74) is 1.17. The number of ether oxygens (including phenoxy) is 1. The van der Waals surface area contributed by atoms with Crippen LogP contribution in [0.2, 0.25) is 0 Å². The fraction of sp³-hybridized carbons (Fsp3) is 0.500. The summed E-state index contributed by atoms with van der Waals surface area (Å²) < 4.78 is 5.84. The summed E-state index contributed by atoms with van der Waals surface area (Å²) in [4.78, 5) is 0. The smallest absolute Gasteiger partial charge is 0.172 e. The first-order chi connectivity index (χ1) is 7.72. The summed E-state index contributed by atoms with van der Waals surface area (Å²) in [5.74, 6) is 0.693. The number of hydrogen-bond acceptors (Lipinski definition) is 3. The van der Waals surface area contributed by atoms with Gasteiger partial charge in [0, 0.05) is 6.04 Å². The van der Waals surface area contributed by atoms with Gasteiger partial charge in [0.05, 0.1) is 11.6 Å². The first kappa shape index (κ1) is 14.6. The van der Waals surface area contributed by atoms with Crippen LogP contribution in [0.5, 0.6) is 11.5 Å². The predicted octanol–water partition coefficient (Wildman–Crippen LogP) is 3.40. The first-order valence-electron chi connectivity index (χ1n) is 5.52. The molecule has 1 aromatic carbocycles. The maximum atomic E-state index is 9.73. The quantitative estimate of drug-likeness (QED) is 0.877. The average Bonchev–Trinajstić information content (AvgIpc) is 2.33. The van der Waals surface area contributed by atoms with Gasteiger partial charge in [0.15, 0.2) is 11.5 Å². The molecule has 0 amide bonds. The highest BCUT2D eigenvalue weighted by Gasteiger charge is 2.18. The van der Waals surface area contributed by atoms with E-state index in [9.17, 15) is 5.11 Å². The minimum absolute atomic E-state index is 0. The van der Waals surface area contributed by atoms with Crippen LogP contribution in [-0.2, 0) is 0 Å². The summed E-state index contributed by atoms with van der Waals surface area (Å²) in [6.07, 6.45) is 3.63. The lowest BCUT2D eigenvalue weighted by molar-refractivity contribution is 0.367. The van der Waals surface area contributed by atoms with Gasteiger partial charge in [0.25, 0.3) is 0 Å². The van der Waals surface area contributed by atoms with Crippen molar-refractivity contribution >= 4 is 28.3 Å². The van der Waals surface area contributed by atoms with E-state index < -0.39 is 0 Å². The molecule has 5 heteroatoms. The second-order valence-electron chi connectivity index (χ2n) is 4.06. The molecule has 0 spiro atoms. The Kier molecular flexibility index (Phi) is 5.56. The van der Waals surface area contributed by atoms with Crippen molar-refractivity contribution in [2.75, 3.05) is 13.7 Å². The SMILES string of the molecule is COc1cc([C@H]2CCCCN2)cc(Br)c1O.Cl. The van der Waals surface area contributed by atoms with E-state index in [1.807, 2.05) is 12.1 Å². The Bertz CT molecular complexity index is 381. The maximum Gasteiger partial charge on any atom is 0.172 e. The molecule has 1 saturated heterocycles. The lowest BCUT2D eigenvalue weighted by atomic mass is 9.97. The van der Waals surface area contributed by atoms with Gasteiger partial charge in [0.2, 0.25) is 0 Å². The zero-order valence-electron chi connectivity index (χ0n) is 9.70. The first-order valence-corrected chi connectivity index (χ1v) is 6.31. The third-order valence-electron chi connectivity index (χ3n) is 2.98. The summed E-state index contributed by atoms with van der Waals surface area (Å²) in [6, 6.07) is 4.24. The Morgan fingerprint density at radius 2 is 2.18 bits per heavy atom. The molecule has 2 N–H and O–H groups in total. The van der Waals surface area contributed by atoms with Gasteiger partial charge >= 0.3 is 0 Å². The van der Waals surface area contributed by atoms with Crippen LogP contribution < -0.4 is 10.1 Å². The topological polar surface area (TPSA) is 41.5 Å². The molecule has 0 aliphatic carbocycles.